The minimum absolute atomic E-state index is 0.112. The molecule has 1 aromatic carbocycles. The van der Waals surface area contributed by atoms with E-state index in [4.69, 9.17) is 9.15 Å². The maximum absolute atomic E-state index is 11.7. The van der Waals surface area contributed by atoms with E-state index in [2.05, 4.69) is 5.10 Å². The lowest BCUT2D eigenvalue weighted by atomic mass is 10.2. The zero-order valence-electron chi connectivity index (χ0n) is 12.9. The predicted octanol–water partition coefficient (Wildman–Crippen LogP) is 3.13. The number of benzene rings is 1. The number of carbonyl (C=O) groups excluding carboxylic acids is 1. The van der Waals surface area contributed by atoms with E-state index in [1.54, 1.807) is 10.9 Å². The monoisotopic (exact) mass is 339 g/mol. The lowest BCUT2D eigenvalue weighted by Crippen LogP contribution is -2.01. The van der Waals surface area contributed by atoms with Gasteiger partial charge in [-0.25, -0.2) is 9.48 Å². The van der Waals surface area contributed by atoms with Gasteiger partial charge in [0.15, 0.2) is 0 Å². The number of furan rings is 1. The third kappa shape index (κ3) is 4.20. The van der Waals surface area contributed by atoms with E-state index in [1.165, 1.54) is 18.2 Å². The molecule has 3 rings (SSSR count). The normalized spacial score (nSPS) is 10.9. The predicted molar refractivity (Wildman–Crippen MR) is 87.8 cm³/mol. The largest absolute Gasteiger partial charge is 0.458 e. The molecule has 0 spiro atoms. The van der Waals surface area contributed by atoms with Gasteiger partial charge in [0.1, 0.15) is 17.3 Å². The third-order valence-corrected chi connectivity index (χ3v) is 3.26. The van der Waals surface area contributed by atoms with Gasteiger partial charge in [-0.05, 0) is 35.9 Å². The summed E-state index contributed by atoms with van der Waals surface area (Å²) in [4.78, 5) is 21.5. The van der Waals surface area contributed by atoms with Crippen molar-refractivity contribution in [2.45, 2.75) is 6.61 Å². The Kier molecular flexibility index (Phi) is 4.70. The van der Waals surface area contributed by atoms with Crippen LogP contribution in [-0.2, 0) is 16.1 Å². The molecule has 0 N–H and O–H groups in total. The van der Waals surface area contributed by atoms with E-state index < -0.39 is 10.9 Å². The van der Waals surface area contributed by atoms with Gasteiger partial charge in [0, 0.05) is 18.5 Å². The van der Waals surface area contributed by atoms with E-state index in [-0.39, 0.29) is 18.3 Å². The van der Waals surface area contributed by atoms with Crippen molar-refractivity contribution in [3.05, 3.63) is 82.4 Å². The Morgan fingerprint density at radius 2 is 2.08 bits per heavy atom. The average molecular weight is 339 g/mol. The van der Waals surface area contributed by atoms with Crippen LogP contribution in [0, 0.1) is 10.1 Å². The molecule has 0 unspecified atom stereocenters. The van der Waals surface area contributed by atoms with Gasteiger partial charge in [-0.15, -0.1) is 0 Å². The molecule has 0 aliphatic heterocycles. The van der Waals surface area contributed by atoms with Crippen LogP contribution in [0.25, 0.3) is 11.8 Å². The van der Waals surface area contributed by atoms with Crippen LogP contribution in [-0.4, -0.2) is 20.7 Å². The summed E-state index contributed by atoms with van der Waals surface area (Å²) in [7, 11) is 0. The minimum Gasteiger partial charge on any atom is -0.458 e. The fourth-order valence-electron chi connectivity index (χ4n) is 2.05. The fourth-order valence-corrected chi connectivity index (χ4v) is 2.05. The summed E-state index contributed by atoms with van der Waals surface area (Å²) in [6.45, 7) is 0.112. The Bertz CT molecular complexity index is 895. The van der Waals surface area contributed by atoms with Crippen molar-refractivity contribution in [3.8, 4) is 5.69 Å². The van der Waals surface area contributed by atoms with Crippen LogP contribution in [0.15, 0.2) is 65.4 Å². The molecule has 0 fully saturated rings. The summed E-state index contributed by atoms with van der Waals surface area (Å²) in [5.41, 5.74) is 1.73. The lowest BCUT2D eigenvalue weighted by Gasteiger charge is -2.04. The molecule has 0 aliphatic rings. The summed E-state index contributed by atoms with van der Waals surface area (Å²) in [5.74, 6) is -0.757. The van der Waals surface area contributed by atoms with Crippen LogP contribution in [0.2, 0.25) is 0 Å². The van der Waals surface area contributed by atoms with Crippen LogP contribution < -0.4 is 0 Å². The fraction of sp³-hybridized carbons (Fsp3) is 0.0588. The van der Waals surface area contributed by atoms with E-state index in [1.807, 2.05) is 36.5 Å². The van der Waals surface area contributed by atoms with Crippen molar-refractivity contribution < 1.29 is 18.9 Å². The summed E-state index contributed by atoms with van der Waals surface area (Å²) in [6, 6.07) is 11.9. The van der Waals surface area contributed by atoms with Gasteiger partial charge in [-0.3, -0.25) is 10.1 Å². The van der Waals surface area contributed by atoms with Crippen molar-refractivity contribution in [2.24, 2.45) is 0 Å². The zero-order valence-corrected chi connectivity index (χ0v) is 12.9. The molecule has 2 heterocycles. The lowest BCUT2D eigenvalue weighted by molar-refractivity contribution is -0.402. The molecule has 8 heteroatoms. The highest BCUT2D eigenvalue weighted by Gasteiger charge is 2.10. The molecule has 0 amide bonds. The van der Waals surface area contributed by atoms with Gasteiger partial charge in [0.25, 0.3) is 0 Å². The molecule has 0 radical (unpaired) electrons. The molecule has 3 aromatic rings. The van der Waals surface area contributed by atoms with Gasteiger partial charge in [-0.2, -0.15) is 5.10 Å². The summed E-state index contributed by atoms with van der Waals surface area (Å²) >= 11 is 0. The molecular formula is C17H13N3O5. The number of carbonyl (C=O) groups is 1. The SMILES string of the molecule is O=C(/C=C/c1ccc([N+](=O)[O-])o1)OCc1ccc(-n2cccn2)cc1. The topological polar surface area (TPSA) is 100 Å². The van der Waals surface area contributed by atoms with Gasteiger partial charge >= 0.3 is 11.9 Å². The molecule has 0 atom stereocenters. The molecular weight excluding hydrogens is 326 g/mol. The second-order valence-electron chi connectivity index (χ2n) is 4.99. The first kappa shape index (κ1) is 16.2. The number of aromatic nitrogens is 2. The summed E-state index contributed by atoms with van der Waals surface area (Å²) in [6.07, 6.45) is 5.99. The van der Waals surface area contributed by atoms with Gasteiger partial charge in [0.05, 0.1) is 11.8 Å². The third-order valence-electron chi connectivity index (χ3n) is 3.26. The minimum atomic E-state index is -0.650. The number of hydrogen-bond donors (Lipinski definition) is 0. The Balaban J connectivity index is 1.53. The number of ether oxygens (including phenoxy) is 1. The van der Waals surface area contributed by atoms with Gasteiger partial charge < -0.3 is 9.15 Å². The van der Waals surface area contributed by atoms with Crippen LogP contribution >= 0.6 is 0 Å². The number of rotatable bonds is 6. The van der Waals surface area contributed by atoms with Crippen molar-refractivity contribution in [1.82, 2.24) is 9.78 Å². The molecule has 8 nitrogen and oxygen atoms in total. The molecule has 0 saturated carbocycles. The summed E-state index contributed by atoms with van der Waals surface area (Å²) < 4.78 is 11.7. The molecule has 25 heavy (non-hydrogen) atoms. The van der Waals surface area contributed by atoms with Crippen molar-refractivity contribution in [2.75, 3.05) is 0 Å². The van der Waals surface area contributed by atoms with E-state index in [0.717, 1.165) is 17.3 Å². The highest BCUT2D eigenvalue weighted by Crippen LogP contribution is 2.16. The Morgan fingerprint density at radius 1 is 1.28 bits per heavy atom. The standard InChI is InChI=1S/C17H13N3O5/c21-17(9-7-15-6-8-16(25-15)20(22)23)24-12-13-2-4-14(5-3-13)19-11-1-10-18-19/h1-11H,12H2/b9-7+. The van der Waals surface area contributed by atoms with E-state index >= 15 is 0 Å². The highest BCUT2D eigenvalue weighted by atomic mass is 16.6. The first-order valence-corrected chi connectivity index (χ1v) is 7.30. The number of esters is 1. The van der Waals surface area contributed by atoms with Crippen molar-refractivity contribution in [3.63, 3.8) is 0 Å². The Morgan fingerprint density at radius 3 is 2.72 bits per heavy atom. The van der Waals surface area contributed by atoms with Gasteiger partial charge in [-0.1, -0.05) is 12.1 Å². The first-order valence-electron chi connectivity index (χ1n) is 7.30. The van der Waals surface area contributed by atoms with Crippen molar-refractivity contribution >= 4 is 17.9 Å². The number of nitro groups is 1. The Labute approximate surface area is 142 Å². The average Bonchev–Trinajstić information content (AvgIpc) is 3.30. The molecule has 126 valence electrons. The smallest absolute Gasteiger partial charge is 0.433 e. The zero-order chi connectivity index (χ0) is 17.6. The highest BCUT2D eigenvalue weighted by molar-refractivity contribution is 5.86. The second kappa shape index (κ2) is 7.26. The maximum atomic E-state index is 11.7. The van der Waals surface area contributed by atoms with E-state index in [9.17, 15) is 14.9 Å². The van der Waals surface area contributed by atoms with Crippen LogP contribution in [0.5, 0.6) is 0 Å². The molecule has 0 saturated heterocycles. The maximum Gasteiger partial charge on any atom is 0.433 e. The summed E-state index contributed by atoms with van der Waals surface area (Å²) in [5, 5.41) is 14.6. The molecule has 0 aliphatic carbocycles. The van der Waals surface area contributed by atoms with Crippen LogP contribution in [0.3, 0.4) is 0 Å². The quantitative estimate of drug-likeness (QED) is 0.296. The number of nitrogens with zero attached hydrogens (tertiary/aromatic N) is 3. The Hall–Kier alpha value is -3.68. The van der Waals surface area contributed by atoms with E-state index in [0.29, 0.717) is 0 Å². The van der Waals surface area contributed by atoms with Crippen molar-refractivity contribution in [1.29, 1.82) is 0 Å². The second-order valence-corrected chi connectivity index (χ2v) is 4.99. The number of hydrogen-bond acceptors (Lipinski definition) is 6. The van der Waals surface area contributed by atoms with Crippen LogP contribution in [0.1, 0.15) is 11.3 Å². The van der Waals surface area contributed by atoms with Crippen LogP contribution in [0.4, 0.5) is 5.88 Å². The first-order chi connectivity index (χ1) is 12.1. The van der Waals surface area contributed by atoms with Gasteiger partial charge in [0.2, 0.25) is 0 Å². The molecule has 2 aromatic heterocycles. The molecule has 0 bridgehead atoms.